The second-order valence-electron chi connectivity index (χ2n) is 6.95. The minimum absolute atomic E-state index is 0.0985. The monoisotopic (exact) mass is 432 g/mol. The van der Waals surface area contributed by atoms with Crippen molar-refractivity contribution in [3.8, 4) is 22.8 Å². The summed E-state index contributed by atoms with van der Waals surface area (Å²) in [6.45, 7) is 0.390. The number of amides is 1. The Morgan fingerprint density at radius 2 is 1.87 bits per heavy atom. The molecule has 0 bridgehead atoms. The van der Waals surface area contributed by atoms with Crippen LogP contribution in [0.15, 0.2) is 79.1 Å². The molecule has 0 aliphatic carbocycles. The molecule has 1 N–H and O–H groups in total. The largest absolute Gasteiger partial charge is 0.481 e. The second-order valence-corrected chi connectivity index (χ2v) is 7.39. The Morgan fingerprint density at radius 3 is 2.61 bits per heavy atom. The highest BCUT2D eigenvalue weighted by atomic mass is 35.5. The lowest BCUT2D eigenvalue weighted by Crippen LogP contribution is -2.24. The molecule has 6 nitrogen and oxygen atoms in total. The van der Waals surface area contributed by atoms with E-state index in [0.29, 0.717) is 17.4 Å². The highest BCUT2D eigenvalue weighted by molar-refractivity contribution is 6.30. The lowest BCUT2D eigenvalue weighted by atomic mass is 10.1. The molecule has 31 heavy (non-hydrogen) atoms. The van der Waals surface area contributed by atoms with Gasteiger partial charge in [0.15, 0.2) is 0 Å². The average molecular weight is 433 g/mol. The summed E-state index contributed by atoms with van der Waals surface area (Å²) in [7, 11) is 1.56. The van der Waals surface area contributed by atoms with Crippen LogP contribution >= 0.6 is 11.6 Å². The maximum Gasteiger partial charge on any atom is 0.224 e. The Hall–Kier alpha value is -3.64. The van der Waals surface area contributed by atoms with E-state index in [-0.39, 0.29) is 12.3 Å². The predicted octanol–water partition coefficient (Wildman–Crippen LogP) is 4.46. The maximum absolute atomic E-state index is 12.7. The summed E-state index contributed by atoms with van der Waals surface area (Å²) in [5, 5.41) is 8.35. The van der Waals surface area contributed by atoms with Gasteiger partial charge in [-0.15, -0.1) is 0 Å². The van der Waals surface area contributed by atoms with Crippen molar-refractivity contribution >= 4 is 17.5 Å². The molecule has 0 radical (unpaired) electrons. The van der Waals surface area contributed by atoms with E-state index >= 15 is 0 Å². The lowest BCUT2D eigenvalue weighted by Gasteiger charge is -2.07. The zero-order chi connectivity index (χ0) is 21.6. The number of pyridine rings is 1. The third-order valence-corrected chi connectivity index (χ3v) is 5.03. The summed E-state index contributed by atoms with van der Waals surface area (Å²) in [5.41, 5.74) is 4.32. The highest BCUT2D eigenvalue weighted by Gasteiger charge is 2.15. The number of ether oxygens (including phenoxy) is 1. The molecule has 0 aliphatic heterocycles. The van der Waals surface area contributed by atoms with Crippen molar-refractivity contribution in [3.05, 3.63) is 95.3 Å². The van der Waals surface area contributed by atoms with E-state index < -0.39 is 0 Å². The average Bonchev–Trinajstić information content (AvgIpc) is 3.22. The van der Waals surface area contributed by atoms with E-state index in [1.54, 1.807) is 24.1 Å². The number of halogens is 1. The van der Waals surface area contributed by atoms with Crippen LogP contribution in [-0.4, -0.2) is 27.8 Å². The number of hydrogen-bond acceptors (Lipinski definition) is 4. The zero-order valence-corrected chi connectivity index (χ0v) is 17.7. The van der Waals surface area contributed by atoms with Crippen LogP contribution in [0.25, 0.3) is 16.9 Å². The Labute approximate surface area is 185 Å². The van der Waals surface area contributed by atoms with Crippen LogP contribution in [0.5, 0.6) is 5.88 Å². The SMILES string of the molecule is COc1cc(CNC(=O)Cc2cn(-c3ccccc3)nc2-c2ccc(Cl)cc2)ccn1. The molecular weight excluding hydrogens is 412 g/mol. The fourth-order valence-electron chi connectivity index (χ4n) is 3.21. The minimum atomic E-state index is -0.0985. The number of carbonyl (C=O) groups excluding carboxylic acids is 1. The van der Waals surface area contributed by atoms with Gasteiger partial charge in [-0.25, -0.2) is 9.67 Å². The fourth-order valence-corrected chi connectivity index (χ4v) is 3.34. The number of hydrogen-bond donors (Lipinski definition) is 1. The van der Waals surface area contributed by atoms with Gasteiger partial charge in [-0.2, -0.15) is 5.10 Å². The molecule has 4 rings (SSSR count). The van der Waals surface area contributed by atoms with Crippen LogP contribution in [-0.2, 0) is 17.8 Å². The Bertz CT molecular complexity index is 1170. The van der Waals surface area contributed by atoms with E-state index in [2.05, 4.69) is 10.3 Å². The third-order valence-electron chi connectivity index (χ3n) is 4.78. The van der Waals surface area contributed by atoms with Crippen LogP contribution in [0.3, 0.4) is 0 Å². The van der Waals surface area contributed by atoms with E-state index in [1.165, 1.54) is 0 Å². The van der Waals surface area contributed by atoms with Crippen molar-refractivity contribution in [3.63, 3.8) is 0 Å². The van der Waals surface area contributed by atoms with Gasteiger partial charge in [0.25, 0.3) is 0 Å². The highest BCUT2D eigenvalue weighted by Crippen LogP contribution is 2.25. The number of aromatic nitrogens is 3. The molecule has 4 aromatic rings. The van der Waals surface area contributed by atoms with Crippen molar-refractivity contribution in [2.75, 3.05) is 7.11 Å². The molecule has 0 unspecified atom stereocenters. The number of benzene rings is 2. The van der Waals surface area contributed by atoms with Gasteiger partial charge in [0.05, 0.1) is 24.9 Å². The lowest BCUT2D eigenvalue weighted by molar-refractivity contribution is -0.120. The molecule has 2 aromatic carbocycles. The predicted molar refractivity (Wildman–Crippen MR) is 120 cm³/mol. The topological polar surface area (TPSA) is 69.0 Å². The number of methoxy groups -OCH3 is 1. The first-order chi connectivity index (χ1) is 15.1. The molecule has 0 fully saturated rings. The first-order valence-electron chi connectivity index (χ1n) is 9.78. The molecule has 1 amide bonds. The molecule has 0 saturated carbocycles. The van der Waals surface area contributed by atoms with Gasteiger partial charge in [-0.05, 0) is 35.9 Å². The Morgan fingerprint density at radius 1 is 1.10 bits per heavy atom. The van der Waals surface area contributed by atoms with Crippen molar-refractivity contribution in [2.45, 2.75) is 13.0 Å². The summed E-state index contributed by atoms with van der Waals surface area (Å²) >= 11 is 6.04. The minimum Gasteiger partial charge on any atom is -0.481 e. The van der Waals surface area contributed by atoms with E-state index in [9.17, 15) is 4.79 Å². The molecule has 0 spiro atoms. The molecule has 156 valence electrons. The quantitative estimate of drug-likeness (QED) is 0.468. The van der Waals surface area contributed by atoms with Crippen LogP contribution < -0.4 is 10.1 Å². The Balaban J connectivity index is 1.56. The van der Waals surface area contributed by atoms with E-state index in [1.807, 2.05) is 66.9 Å². The number of nitrogens with zero attached hydrogens (tertiary/aromatic N) is 3. The normalized spacial score (nSPS) is 10.6. The van der Waals surface area contributed by atoms with Crippen molar-refractivity contribution < 1.29 is 9.53 Å². The summed E-state index contributed by atoms with van der Waals surface area (Å²) in [6, 6.07) is 20.9. The molecule has 2 aromatic heterocycles. The summed E-state index contributed by atoms with van der Waals surface area (Å²) in [4.78, 5) is 16.8. The summed E-state index contributed by atoms with van der Waals surface area (Å²) < 4.78 is 6.92. The fraction of sp³-hybridized carbons (Fsp3) is 0.125. The number of rotatable bonds is 7. The number of para-hydroxylation sites is 1. The van der Waals surface area contributed by atoms with Gasteiger partial charge < -0.3 is 10.1 Å². The van der Waals surface area contributed by atoms with Crippen LogP contribution in [0.2, 0.25) is 5.02 Å². The molecule has 0 aliphatic rings. The van der Waals surface area contributed by atoms with Gasteiger partial charge in [-0.1, -0.05) is 41.9 Å². The van der Waals surface area contributed by atoms with Gasteiger partial charge in [0.1, 0.15) is 0 Å². The maximum atomic E-state index is 12.7. The smallest absolute Gasteiger partial charge is 0.224 e. The van der Waals surface area contributed by atoms with Crippen LogP contribution in [0.1, 0.15) is 11.1 Å². The van der Waals surface area contributed by atoms with E-state index in [4.69, 9.17) is 21.4 Å². The van der Waals surface area contributed by atoms with Crippen molar-refractivity contribution in [2.24, 2.45) is 0 Å². The Kier molecular flexibility index (Phi) is 6.29. The summed E-state index contributed by atoms with van der Waals surface area (Å²) in [6.07, 6.45) is 3.75. The van der Waals surface area contributed by atoms with Gasteiger partial charge >= 0.3 is 0 Å². The van der Waals surface area contributed by atoms with Crippen LogP contribution in [0.4, 0.5) is 0 Å². The van der Waals surface area contributed by atoms with Gasteiger partial charge in [0, 0.05) is 41.2 Å². The summed E-state index contributed by atoms with van der Waals surface area (Å²) in [5.74, 6) is 0.416. The second kappa shape index (κ2) is 9.45. The number of nitrogens with one attached hydrogen (secondary N) is 1. The third kappa shape index (κ3) is 5.10. The molecule has 0 atom stereocenters. The standard InChI is InChI=1S/C24H21ClN4O2/c1-31-23-13-17(11-12-26-23)15-27-22(30)14-19-16-29(21-5-3-2-4-6-21)28-24(19)18-7-9-20(25)10-8-18/h2-13,16H,14-15H2,1H3,(H,27,30). The molecule has 7 heteroatoms. The van der Waals surface area contributed by atoms with Crippen LogP contribution in [0, 0.1) is 0 Å². The molecular formula is C24H21ClN4O2. The van der Waals surface area contributed by atoms with Gasteiger partial charge in [0.2, 0.25) is 11.8 Å². The molecule has 0 saturated heterocycles. The van der Waals surface area contributed by atoms with E-state index in [0.717, 1.165) is 28.1 Å². The van der Waals surface area contributed by atoms with Gasteiger partial charge in [-0.3, -0.25) is 4.79 Å². The first-order valence-corrected chi connectivity index (χ1v) is 10.2. The molecule has 2 heterocycles. The van der Waals surface area contributed by atoms with Crippen molar-refractivity contribution in [1.82, 2.24) is 20.1 Å². The zero-order valence-electron chi connectivity index (χ0n) is 17.0. The number of carbonyl (C=O) groups is 1. The first kappa shape index (κ1) is 20.6. The van der Waals surface area contributed by atoms with Crippen molar-refractivity contribution in [1.29, 1.82) is 0 Å².